The summed E-state index contributed by atoms with van der Waals surface area (Å²) in [6.45, 7) is 1.31. The van der Waals surface area contributed by atoms with E-state index in [1.165, 1.54) is 4.90 Å². The van der Waals surface area contributed by atoms with Crippen molar-refractivity contribution in [1.82, 2.24) is 10.2 Å². The van der Waals surface area contributed by atoms with Gasteiger partial charge in [0.2, 0.25) is 0 Å². The lowest BCUT2D eigenvalue weighted by Gasteiger charge is -2.27. The summed E-state index contributed by atoms with van der Waals surface area (Å²) in [7, 11) is 1.15. The largest absolute Gasteiger partial charge is 0.384 e. The maximum Gasteiger partial charge on any atom is 0.257 e. The van der Waals surface area contributed by atoms with Gasteiger partial charge in [-0.05, 0) is 17.7 Å². The van der Waals surface area contributed by atoms with Crippen molar-refractivity contribution in [3.05, 3.63) is 70.3 Å². The lowest BCUT2D eigenvalue weighted by atomic mass is 10.0. The first-order valence-electron chi connectivity index (χ1n) is 9.92. The summed E-state index contributed by atoms with van der Waals surface area (Å²) in [5, 5.41) is 9.96. The Balaban J connectivity index is 1.78. The van der Waals surface area contributed by atoms with Crippen molar-refractivity contribution in [1.29, 1.82) is 5.41 Å². The van der Waals surface area contributed by atoms with E-state index in [2.05, 4.69) is 5.32 Å². The second-order valence-corrected chi connectivity index (χ2v) is 7.17. The molecule has 4 N–H and O–H groups in total. The normalized spacial score (nSPS) is 14.7. The lowest BCUT2D eigenvalue weighted by molar-refractivity contribution is -0.131. The Morgan fingerprint density at radius 1 is 1.19 bits per heavy atom. The maximum absolute atomic E-state index is 15.2. The minimum absolute atomic E-state index is 0.0620. The van der Waals surface area contributed by atoms with Gasteiger partial charge in [-0.25, -0.2) is 8.78 Å². The van der Waals surface area contributed by atoms with Crippen molar-refractivity contribution in [2.45, 2.75) is 12.6 Å². The van der Waals surface area contributed by atoms with E-state index in [0.717, 1.165) is 19.2 Å². The fourth-order valence-corrected chi connectivity index (χ4v) is 3.35. The Labute approximate surface area is 183 Å². The number of hydrogen-bond donors (Lipinski definition) is 3. The van der Waals surface area contributed by atoms with Gasteiger partial charge in [0.1, 0.15) is 17.5 Å². The summed E-state index contributed by atoms with van der Waals surface area (Å²) < 4.78 is 40.0. The third-order valence-corrected chi connectivity index (χ3v) is 5.12. The minimum atomic E-state index is -1.59. The third-order valence-electron chi connectivity index (χ3n) is 5.12. The van der Waals surface area contributed by atoms with Crippen LogP contribution >= 0.6 is 0 Å². The molecule has 0 bridgehead atoms. The van der Waals surface area contributed by atoms with Crippen LogP contribution < -0.4 is 11.1 Å². The number of methoxy groups -OCH3 is 1. The molecule has 0 saturated carbocycles. The Hall–Kier alpha value is -3.37. The number of nitrogens with one attached hydrogen (secondary N) is 2. The number of halogens is 2. The third kappa shape index (κ3) is 5.09. The Bertz CT molecular complexity index is 1010. The number of nitrogens with two attached hydrogens (primary N) is 1. The molecule has 2 aromatic rings. The van der Waals surface area contributed by atoms with E-state index < -0.39 is 35.1 Å². The number of benzene rings is 2. The zero-order valence-corrected chi connectivity index (χ0v) is 17.5. The highest BCUT2D eigenvalue weighted by atomic mass is 19.1. The summed E-state index contributed by atoms with van der Waals surface area (Å²) in [6.07, 6.45) is -1.59. The van der Waals surface area contributed by atoms with Crippen LogP contribution in [0.3, 0.4) is 0 Å². The van der Waals surface area contributed by atoms with Gasteiger partial charge in [-0.2, -0.15) is 0 Å². The van der Waals surface area contributed by atoms with Crippen molar-refractivity contribution in [2.75, 3.05) is 33.4 Å². The van der Waals surface area contributed by atoms with Crippen LogP contribution in [0.4, 0.5) is 8.78 Å². The molecule has 1 unspecified atom stereocenters. The quantitative estimate of drug-likeness (QED) is 0.442. The standard InChI is InChI=1S/C22H24F2N4O4/c1-31-19(21(29)27-12-13-2-4-14(5-3-13)20(25)26)17-16(23)7-6-15(18(17)24)22(30)28-8-10-32-11-9-28/h2-7,19H,8-12H2,1H3,(H3,25,26)(H,27,29). The second kappa shape index (κ2) is 10.3. The van der Waals surface area contributed by atoms with Gasteiger partial charge in [-0.15, -0.1) is 0 Å². The number of amidine groups is 1. The number of nitrogens with zero attached hydrogens (tertiary/aromatic N) is 1. The predicted molar refractivity (Wildman–Crippen MR) is 112 cm³/mol. The summed E-state index contributed by atoms with van der Waals surface area (Å²) in [5.41, 5.74) is 5.67. The summed E-state index contributed by atoms with van der Waals surface area (Å²) in [4.78, 5) is 26.8. The molecule has 1 fully saturated rings. The average Bonchev–Trinajstić information content (AvgIpc) is 2.80. The number of carbonyl (C=O) groups excluding carboxylic acids is 2. The van der Waals surface area contributed by atoms with Crippen molar-refractivity contribution < 1.29 is 27.8 Å². The number of ether oxygens (including phenoxy) is 2. The number of hydrogen-bond acceptors (Lipinski definition) is 5. The first-order valence-corrected chi connectivity index (χ1v) is 9.92. The maximum atomic E-state index is 15.2. The van der Waals surface area contributed by atoms with Crippen LogP contribution in [-0.2, 0) is 20.8 Å². The summed E-state index contributed by atoms with van der Waals surface area (Å²) in [5.74, 6) is -3.58. The van der Waals surface area contributed by atoms with Crippen LogP contribution in [0.15, 0.2) is 36.4 Å². The fourth-order valence-electron chi connectivity index (χ4n) is 3.35. The van der Waals surface area contributed by atoms with E-state index in [1.54, 1.807) is 24.3 Å². The molecule has 1 saturated heterocycles. The van der Waals surface area contributed by atoms with Gasteiger partial charge < -0.3 is 25.4 Å². The van der Waals surface area contributed by atoms with Gasteiger partial charge in [-0.1, -0.05) is 24.3 Å². The van der Waals surface area contributed by atoms with Gasteiger partial charge in [0.05, 0.1) is 24.3 Å². The van der Waals surface area contributed by atoms with Crippen molar-refractivity contribution >= 4 is 17.6 Å². The molecule has 10 heteroatoms. The number of amides is 2. The van der Waals surface area contributed by atoms with Crippen LogP contribution in [0.25, 0.3) is 0 Å². The van der Waals surface area contributed by atoms with Gasteiger partial charge in [-0.3, -0.25) is 15.0 Å². The molecule has 1 aliphatic rings. The van der Waals surface area contributed by atoms with Gasteiger partial charge in [0.25, 0.3) is 11.8 Å². The molecule has 1 aliphatic heterocycles. The van der Waals surface area contributed by atoms with E-state index in [9.17, 15) is 14.0 Å². The average molecular weight is 446 g/mol. The molecule has 170 valence electrons. The zero-order chi connectivity index (χ0) is 23.3. The van der Waals surface area contributed by atoms with E-state index in [1.807, 2.05) is 0 Å². The number of rotatable bonds is 7. The van der Waals surface area contributed by atoms with Crippen molar-refractivity contribution in [2.24, 2.45) is 5.73 Å². The van der Waals surface area contributed by atoms with Gasteiger partial charge in [0, 0.05) is 32.3 Å². The van der Waals surface area contributed by atoms with Crippen LogP contribution in [0.5, 0.6) is 0 Å². The number of nitrogen functional groups attached to an aromatic ring is 1. The molecule has 3 rings (SSSR count). The van der Waals surface area contributed by atoms with Crippen molar-refractivity contribution in [3.8, 4) is 0 Å². The smallest absolute Gasteiger partial charge is 0.257 e. The highest BCUT2D eigenvalue weighted by Crippen LogP contribution is 2.27. The number of carbonyl (C=O) groups is 2. The molecule has 8 nitrogen and oxygen atoms in total. The Morgan fingerprint density at radius 2 is 1.84 bits per heavy atom. The summed E-state index contributed by atoms with van der Waals surface area (Å²) >= 11 is 0. The monoisotopic (exact) mass is 446 g/mol. The topological polar surface area (TPSA) is 118 Å². The Morgan fingerprint density at radius 3 is 2.44 bits per heavy atom. The molecule has 0 radical (unpaired) electrons. The molecular formula is C22H24F2N4O4. The SMILES string of the molecule is COC(C(=O)NCc1ccc(C(=N)N)cc1)c1c(F)ccc(C(=O)N2CCOCC2)c1F. The molecule has 2 amide bonds. The fraction of sp³-hybridized carbons (Fsp3) is 0.318. The van der Waals surface area contributed by atoms with E-state index in [0.29, 0.717) is 37.4 Å². The summed E-state index contributed by atoms with van der Waals surface area (Å²) in [6, 6.07) is 8.59. The van der Waals surface area contributed by atoms with Gasteiger partial charge >= 0.3 is 0 Å². The van der Waals surface area contributed by atoms with Crippen LogP contribution in [-0.4, -0.2) is 56.0 Å². The van der Waals surface area contributed by atoms with Crippen LogP contribution in [0.2, 0.25) is 0 Å². The molecule has 32 heavy (non-hydrogen) atoms. The molecular weight excluding hydrogens is 422 g/mol. The molecule has 0 aliphatic carbocycles. The first kappa shape index (κ1) is 23.3. The lowest BCUT2D eigenvalue weighted by Crippen LogP contribution is -2.41. The van der Waals surface area contributed by atoms with Crippen LogP contribution in [0.1, 0.15) is 33.2 Å². The molecule has 1 atom stereocenters. The number of morpholine rings is 1. The van der Waals surface area contributed by atoms with E-state index >= 15 is 4.39 Å². The zero-order valence-electron chi connectivity index (χ0n) is 17.5. The molecule has 0 spiro atoms. The van der Waals surface area contributed by atoms with Gasteiger partial charge in [0.15, 0.2) is 6.10 Å². The highest BCUT2D eigenvalue weighted by molar-refractivity contribution is 5.95. The highest BCUT2D eigenvalue weighted by Gasteiger charge is 2.31. The molecule has 0 aromatic heterocycles. The van der Waals surface area contributed by atoms with E-state index in [4.69, 9.17) is 20.6 Å². The van der Waals surface area contributed by atoms with Crippen molar-refractivity contribution in [3.63, 3.8) is 0 Å². The van der Waals surface area contributed by atoms with Crippen LogP contribution in [0, 0.1) is 17.0 Å². The first-order chi connectivity index (χ1) is 15.3. The Kier molecular flexibility index (Phi) is 7.49. The minimum Gasteiger partial charge on any atom is -0.384 e. The molecule has 1 heterocycles. The predicted octanol–water partition coefficient (Wildman–Crippen LogP) is 1.73. The molecule has 2 aromatic carbocycles. The second-order valence-electron chi connectivity index (χ2n) is 7.17. The van der Waals surface area contributed by atoms with E-state index in [-0.39, 0.29) is 17.9 Å².